The lowest BCUT2D eigenvalue weighted by molar-refractivity contribution is -0.384. The van der Waals surface area contributed by atoms with Crippen LogP contribution in [0.15, 0.2) is 36.4 Å². The van der Waals surface area contributed by atoms with Crippen LogP contribution in [0.4, 0.5) is 16.5 Å². The molecule has 2 aromatic carbocycles. The lowest BCUT2D eigenvalue weighted by Crippen LogP contribution is -2.12. The first-order chi connectivity index (χ1) is 12.5. The number of rotatable bonds is 6. The van der Waals surface area contributed by atoms with E-state index in [0.29, 0.717) is 17.4 Å². The van der Waals surface area contributed by atoms with Crippen LogP contribution in [-0.4, -0.2) is 29.5 Å². The summed E-state index contributed by atoms with van der Waals surface area (Å²) in [5, 5.41) is 17.0. The highest BCUT2D eigenvalue weighted by Crippen LogP contribution is 2.30. The van der Waals surface area contributed by atoms with Gasteiger partial charge < -0.3 is 10.1 Å². The molecule has 1 heterocycles. The fraction of sp³-hybridized carbons (Fsp3) is 0.176. The zero-order valence-electron chi connectivity index (χ0n) is 14.1. The highest BCUT2D eigenvalue weighted by atomic mass is 32.1. The molecule has 0 bridgehead atoms. The maximum absolute atomic E-state index is 12.4. The van der Waals surface area contributed by atoms with E-state index in [-0.39, 0.29) is 11.3 Å². The minimum absolute atomic E-state index is 0.161. The van der Waals surface area contributed by atoms with E-state index in [1.54, 1.807) is 7.05 Å². The molecule has 0 radical (unpaired) electrons. The van der Waals surface area contributed by atoms with Crippen molar-refractivity contribution in [2.24, 2.45) is 0 Å². The second-order valence-electron chi connectivity index (χ2n) is 5.27. The zero-order valence-corrected chi connectivity index (χ0v) is 14.9. The second kappa shape index (κ2) is 7.36. The van der Waals surface area contributed by atoms with Crippen LogP contribution >= 0.6 is 11.3 Å². The molecule has 0 saturated carbocycles. The normalized spacial score (nSPS) is 10.5. The predicted octanol–water partition coefficient (Wildman–Crippen LogP) is 3.90. The van der Waals surface area contributed by atoms with Gasteiger partial charge in [-0.1, -0.05) is 11.3 Å². The van der Waals surface area contributed by atoms with Gasteiger partial charge in [-0.25, -0.2) is 4.98 Å². The summed E-state index contributed by atoms with van der Waals surface area (Å²) < 4.78 is 6.33. The van der Waals surface area contributed by atoms with Gasteiger partial charge >= 0.3 is 0 Å². The van der Waals surface area contributed by atoms with Gasteiger partial charge in [-0.05, 0) is 37.3 Å². The number of nitro benzene ring substituents is 1. The molecule has 0 spiro atoms. The fourth-order valence-electron chi connectivity index (χ4n) is 2.42. The number of fused-ring (bicyclic) bond motifs is 1. The number of hydrogen-bond acceptors (Lipinski definition) is 7. The van der Waals surface area contributed by atoms with Gasteiger partial charge in [0.15, 0.2) is 5.13 Å². The van der Waals surface area contributed by atoms with Crippen LogP contribution in [0, 0.1) is 10.1 Å². The Hall–Kier alpha value is -3.20. The molecular weight excluding hydrogens is 356 g/mol. The summed E-state index contributed by atoms with van der Waals surface area (Å²) in [6.07, 6.45) is 0. The van der Waals surface area contributed by atoms with Crippen molar-refractivity contribution in [3.8, 4) is 5.75 Å². The number of hydrogen-bond donors (Lipinski definition) is 2. The van der Waals surface area contributed by atoms with Crippen molar-refractivity contribution < 1.29 is 14.5 Å². The number of carbonyl (C=O) groups is 1. The van der Waals surface area contributed by atoms with E-state index in [4.69, 9.17) is 4.74 Å². The van der Waals surface area contributed by atoms with Crippen molar-refractivity contribution in [1.82, 2.24) is 4.98 Å². The Morgan fingerprint density at radius 1 is 1.31 bits per heavy atom. The summed E-state index contributed by atoms with van der Waals surface area (Å²) in [5.74, 6) is 0.277. The molecule has 9 heteroatoms. The highest BCUT2D eigenvalue weighted by molar-refractivity contribution is 7.22. The first kappa shape index (κ1) is 17.6. The number of aromatic nitrogens is 1. The fourth-order valence-corrected chi connectivity index (χ4v) is 3.31. The van der Waals surface area contributed by atoms with Crippen LogP contribution in [0.5, 0.6) is 5.75 Å². The third-order valence-electron chi connectivity index (χ3n) is 3.62. The minimum atomic E-state index is -0.532. The first-order valence-electron chi connectivity index (χ1n) is 7.82. The number of nitrogens with zero attached hydrogens (tertiary/aromatic N) is 2. The van der Waals surface area contributed by atoms with E-state index < -0.39 is 10.8 Å². The van der Waals surface area contributed by atoms with Crippen LogP contribution in [0.3, 0.4) is 0 Å². The number of carbonyl (C=O) groups excluding carboxylic acids is 1. The molecule has 134 valence electrons. The summed E-state index contributed by atoms with van der Waals surface area (Å²) in [6, 6.07) is 9.75. The summed E-state index contributed by atoms with van der Waals surface area (Å²) in [4.78, 5) is 27.4. The summed E-state index contributed by atoms with van der Waals surface area (Å²) in [6.45, 7) is 2.47. The number of nitrogens with one attached hydrogen (secondary N) is 2. The maximum Gasteiger partial charge on any atom is 0.293 e. The van der Waals surface area contributed by atoms with E-state index in [0.717, 1.165) is 16.0 Å². The Morgan fingerprint density at radius 3 is 2.81 bits per heavy atom. The Kier molecular flexibility index (Phi) is 4.99. The highest BCUT2D eigenvalue weighted by Gasteiger charge is 2.18. The average molecular weight is 372 g/mol. The van der Waals surface area contributed by atoms with Crippen LogP contribution in [0.25, 0.3) is 10.2 Å². The lowest BCUT2D eigenvalue weighted by Gasteiger charge is -2.05. The molecule has 8 nitrogen and oxygen atoms in total. The van der Waals surface area contributed by atoms with Crippen LogP contribution in [0.1, 0.15) is 17.3 Å². The van der Waals surface area contributed by atoms with Gasteiger partial charge in [0, 0.05) is 18.7 Å². The molecule has 0 saturated heterocycles. The van der Waals surface area contributed by atoms with Gasteiger partial charge in [-0.2, -0.15) is 0 Å². The molecule has 3 rings (SSSR count). The zero-order chi connectivity index (χ0) is 18.7. The van der Waals surface area contributed by atoms with Crippen molar-refractivity contribution in [3.63, 3.8) is 0 Å². The van der Waals surface area contributed by atoms with Crippen molar-refractivity contribution in [1.29, 1.82) is 0 Å². The summed E-state index contributed by atoms with van der Waals surface area (Å²) >= 11 is 1.31. The monoisotopic (exact) mass is 372 g/mol. The third-order valence-corrected chi connectivity index (χ3v) is 4.55. The van der Waals surface area contributed by atoms with Gasteiger partial charge in [-0.3, -0.25) is 20.2 Å². The molecule has 0 unspecified atom stereocenters. The maximum atomic E-state index is 12.4. The predicted molar refractivity (Wildman–Crippen MR) is 101 cm³/mol. The Morgan fingerprint density at radius 2 is 2.12 bits per heavy atom. The molecule has 0 aliphatic rings. The van der Waals surface area contributed by atoms with Crippen molar-refractivity contribution in [3.05, 3.63) is 52.1 Å². The minimum Gasteiger partial charge on any atom is -0.494 e. The van der Waals surface area contributed by atoms with E-state index in [9.17, 15) is 14.9 Å². The standard InChI is InChI=1S/C17H16N4O4S/c1-3-25-11-5-7-13-15(9-11)26-17(19-13)20-16(22)10-4-6-12(18-2)14(8-10)21(23)24/h4-9,18H,3H2,1-2H3,(H,19,20,22). The van der Waals surface area contributed by atoms with E-state index >= 15 is 0 Å². The number of benzene rings is 2. The van der Waals surface area contributed by atoms with E-state index in [2.05, 4.69) is 15.6 Å². The molecule has 2 N–H and O–H groups in total. The second-order valence-corrected chi connectivity index (χ2v) is 6.31. The van der Waals surface area contributed by atoms with E-state index in [1.165, 1.54) is 29.5 Å². The van der Waals surface area contributed by atoms with Crippen molar-refractivity contribution in [2.75, 3.05) is 24.3 Å². The van der Waals surface area contributed by atoms with Crippen molar-refractivity contribution >= 4 is 44.0 Å². The van der Waals surface area contributed by atoms with Gasteiger partial charge in [0.05, 0.1) is 21.7 Å². The number of anilines is 2. The molecule has 26 heavy (non-hydrogen) atoms. The largest absolute Gasteiger partial charge is 0.494 e. The average Bonchev–Trinajstić information content (AvgIpc) is 3.02. The molecule has 0 aliphatic carbocycles. The molecule has 0 atom stereocenters. The molecule has 1 aromatic heterocycles. The SMILES string of the molecule is CCOc1ccc2nc(NC(=O)c3ccc(NC)c([N+](=O)[O-])c3)sc2c1. The molecule has 1 amide bonds. The quantitative estimate of drug-likeness (QED) is 0.502. The van der Waals surface area contributed by atoms with Crippen LogP contribution in [0.2, 0.25) is 0 Å². The van der Waals surface area contributed by atoms with Gasteiger partial charge in [0.1, 0.15) is 11.4 Å². The Labute approximate surface area is 153 Å². The van der Waals surface area contributed by atoms with Gasteiger partial charge in [0.25, 0.3) is 11.6 Å². The number of ether oxygens (including phenoxy) is 1. The third kappa shape index (κ3) is 3.57. The number of thiazole rings is 1. The Bertz CT molecular complexity index is 986. The smallest absolute Gasteiger partial charge is 0.293 e. The molecule has 0 aliphatic heterocycles. The summed E-state index contributed by atoms with van der Waals surface area (Å²) in [7, 11) is 1.58. The molecule has 0 fully saturated rings. The van der Waals surface area contributed by atoms with Crippen LogP contribution in [-0.2, 0) is 0 Å². The van der Waals surface area contributed by atoms with Crippen LogP contribution < -0.4 is 15.4 Å². The van der Waals surface area contributed by atoms with E-state index in [1.807, 2.05) is 25.1 Å². The number of amides is 1. The molecular formula is C17H16N4O4S. The Balaban J connectivity index is 1.84. The van der Waals surface area contributed by atoms with Gasteiger partial charge in [-0.15, -0.1) is 0 Å². The van der Waals surface area contributed by atoms with Crippen molar-refractivity contribution in [2.45, 2.75) is 6.92 Å². The summed E-state index contributed by atoms with van der Waals surface area (Å²) in [5.41, 5.74) is 1.11. The van der Waals surface area contributed by atoms with Gasteiger partial charge in [0.2, 0.25) is 0 Å². The molecule has 3 aromatic rings. The first-order valence-corrected chi connectivity index (χ1v) is 8.64. The topological polar surface area (TPSA) is 106 Å². The lowest BCUT2D eigenvalue weighted by atomic mass is 10.1. The number of nitro groups is 1.